The summed E-state index contributed by atoms with van der Waals surface area (Å²) in [5, 5.41) is 4.61. The van der Waals surface area contributed by atoms with Crippen molar-refractivity contribution in [3.63, 3.8) is 0 Å². The summed E-state index contributed by atoms with van der Waals surface area (Å²) in [4.78, 5) is 15.0. The summed E-state index contributed by atoms with van der Waals surface area (Å²) >= 11 is 0. The van der Waals surface area contributed by atoms with Crippen LogP contribution in [0.2, 0.25) is 0 Å². The van der Waals surface area contributed by atoms with Gasteiger partial charge in [0.1, 0.15) is 5.82 Å². The van der Waals surface area contributed by atoms with E-state index < -0.39 is 0 Å². The van der Waals surface area contributed by atoms with Crippen LogP contribution in [-0.2, 0) is 43.4 Å². The van der Waals surface area contributed by atoms with Gasteiger partial charge in [0, 0.05) is 48.9 Å². The molecule has 0 radical (unpaired) electrons. The van der Waals surface area contributed by atoms with Gasteiger partial charge in [0.15, 0.2) is 0 Å². The van der Waals surface area contributed by atoms with Gasteiger partial charge in [0.05, 0.1) is 18.9 Å². The number of aryl methyl sites for hydroxylation is 1. The fraction of sp³-hybridized carbons (Fsp3) is 0.385. The van der Waals surface area contributed by atoms with E-state index in [-0.39, 0.29) is 30.4 Å². The van der Waals surface area contributed by atoms with Crippen LogP contribution in [0.4, 0.5) is 4.39 Å². The highest BCUT2D eigenvalue weighted by atomic mass is 19.1. The van der Waals surface area contributed by atoms with E-state index in [0.29, 0.717) is 24.2 Å². The Kier molecular flexibility index (Phi) is 6.15. The van der Waals surface area contributed by atoms with E-state index in [1.54, 1.807) is 18.2 Å². The number of hydrogen-bond donors (Lipinski definition) is 0. The largest absolute Gasteiger partial charge is 0.370 e. The first-order valence-corrected chi connectivity index (χ1v) is 11.0. The first kappa shape index (κ1) is 22.2. The van der Waals surface area contributed by atoms with Gasteiger partial charge in [-0.2, -0.15) is 5.10 Å². The highest BCUT2D eigenvalue weighted by Crippen LogP contribution is 2.26. The molecule has 0 atom stereocenters. The molecule has 2 aromatic carbocycles. The minimum atomic E-state index is -0.273. The van der Waals surface area contributed by atoms with Gasteiger partial charge in [-0.25, -0.2) is 4.39 Å². The van der Waals surface area contributed by atoms with Gasteiger partial charge in [-0.1, -0.05) is 51.1 Å². The lowest BCUT2D eigenvalue weighted by Gasteiger charge is -2.28. The van der Waals surface area contributed by atoms with Gasteiger partial charge in [-0.3, -0.25) is 9.48 Å². The molecule has 4 rings (SSSR count). The summed E-state index contributed by atoms with van der Waals surface area (Å²) in [5.74, 6) is -0.247. The molecule has 0 unspecified atom stereocenters. The summed E-state index contributed by atoms with van der Waals surface area (Å²) in [7, 11) is 1.92. The molecule has 0 spiro atoms. The molecule has 0 fully saturated rings. The van der Waals surface area contributed by atoms with Crippen molar-refractivity contribution < 1.29 is 13.9 Å². The van der Waals surface area contributed by atoms with Crippen LogP contribution in [0, 0.1) is 5.82 Å². The minimum absolute atomic E-state index is 0.0261. The smallest absolute Gasteiger partial charge is 0.254 e. The second kappa shape index (κ2) is 8.87. The lowest BCUT2D eigenvalue weighted by atomic mass is 9.86. The third-order valence-electron chi connectivity index (χ3n) is 6.06. The zero-order chi connectivity index (χ0) is 22.9. The maximum absolute atomic E-state index is 13.8. The summed E-state index contributed by atoms with van der Waals surface area (Å²) in [5.41, 5.74) is 5.44. The molecule has 0 N–H and O–H groups in total. The number of ether oxygens (including phenoxy) is 1. The lowest BCUT2D eigenvalue weighted by Crippen LogP contribution is -2.36. The van der Waals surface area contributed by atoms with E-state index in [0.717, 1.165) is 23.4 Å². The molecule has 0 saturated heterocycles. The zero-order valence-corrected chi connectivity index (χ0v) is 19.2. The van der Waals surface area contributed by atoms with Crippen molar-refractivity contribution in [2.75, 3.05) is 6.54 Å². The van der Waals surface area contributed by atoms with Gasteiger partial charge < -0.3 is 9.64 Å². The molecular formula is C26H30FN3O2. The Labute approximate surface area is 188 Å². The number of aromatic nitrogens is 2. The van der Waals surface area contributed by atoms with Gasteiger partial charge in [-0.05, 0) is 29.2 Å². The Hall–Kier alpha value is -2.99. The monoisotopic (exact) mass is 435 g/mol. The average Bonchev–Trinajstić information content (AvgIpc) is 3.09. The maximum Gasteiger partial charge on any atom is 0.254 e. The third-order valence-corrected chi connectivity index (χ3v) is 6.06. The highest BCUT2D eigenvalue weighted by Gasteiger charge is 2.27. The fourth-order valence-electron chi connectivity index (χ4n) is 4.13. The van der Waals surface area contributed by atoms with Crippen molar-refractivity contribution in [2.24, 2.45) is 7.05 Å². The summed E-state index contributed by atoms with van der Waals surface area (Å²) < 4.78 is 21.5. The number of hydrogen-bond acceptors (Lipinski definition) is 3. The molecular weight excluding hydrogens is 405 g/mol. The van der Waals surface area contributed by atoms with Gasteiger partial charge in [-0.15, -0.1) is 0 Å². The van der Waals surface area contributed by atoms with E-state index in [9.17, 15) is 9.18 Å². The summed E-state index contributed by atoms with van der Waals surface area (Å²) in [6, 6.07) is 14.5. The van der Waals surface area contributed by atoms with Crippen LogP contribution in [-0.4, -0.2) is 27.1 Å². The van der Waals surface area contributed by atoms with Gasteiger partial charge in [0.2, 0.25) is 0 Å². The van der Waals surface area contributed by atoms with E-state index in [2.05, 4.69) is 25.9 Å². The number of amides is 1. The zero-order valence-electron chi connectivity index (χ0n) is 19.2. The topological polar surface area (TPSA) is 47.4 Å². The molecule has 1 aromatic heterocycles. The van der Waals surface area contributed by atoms with Gasteiger partial charge >= 0.3 is 0 Å². The predicted octanol–water partition coefficient (Wildman–Crippen LogP) is 4.77. The quantitative estimate of drug-likeness (QED) is 0.580. The first-order valence-electron chi connectivity index (χ1n) is 11.0. The summed E-state index contributed by atoms with van der Waals surface area (Å²) in [6.07, 6.45) is 0.748. The number of carbonyl (C=O) groups excluding carboxylic acids is 1. The van der Waals surface area contributed by atoms with Crippen LogP contribution >= 0.6 is 0 Å². The molecule has 0 aliphatic carbocycles. The molecule has 0 saturated carbocycles. The molecule has 32 heavy (non-hydrogen) atoms. The van der Waals surface area contributed by atoms with E-state index in [1.807, 2.05) is 40.9 Å². The molecule has 1 amide bonds. The SMILES string of the molecule is Cn1nc(COCc2ccccc2F)c2c1CCN(C(=O)c1ccc(C(C)(C)C)cc1)C2. The maximum atomic E-state index is 13.8. The standard InChI is InChI=1S/C26H30FN3O2/c1-26(2,3)20-11-9-18(10-12-20)25(31)30-14-13-24-21(15-30)23(28-29(24)4)17-32-16-19-7-5-6-8-22(19)27/h5-12H,13-17H2,1-4H3. The number of rotatable bonds is 5. The molecule has 5 nitrogen and oxygen atoms in total. The van der Waals surface area contributed by atoms with Crippen molar-refractivity contribution in [1.82, 2.24) is 14.7 Å². The van der Waals surface area contributed by atoms with Crippen molar-refractivity contribution in [3.8, 4) is 0 Å². The van der Waals surface area contributed by atoms with E-state index in [1.165, 1.54) is 11.6 Å². The number of fused-ring (bicyclic) bond motifs is 1. The number of halogens is 1. The van der Waals surface area contributed by atoms with Crippen LogP contribution < -0.4 is 0 Å². The second-order valence-corrected chi connectivity index (χ2v) is 9.38. The molecule has 2 heterocycles. The van der Waals surface area contributed by atoms with Crippen molar-refractivity contribution >= 4 is 5.91 Å². The molecule has 3 aromatic rings. The Morgan fingerprint density at radius 1 is 1.09 bits per heavy atom. The van der Waals surface area contributed by atoms with Crippen molar-refractivity contribution in [1.29, 1.82) is 0 Å². The first-order chi connectivity index (χ1) is 15.2. The van der Waals surface area contributed by atoms with Crippen LogP contribution in [0.15, 0.2) is 48.5 Å². The van der Waals surface area contributed by atoms with E-state index in [4.69, 9.17) is 4.74 Å². The van der Waals surface area contributed by atoms with Crippen LogP contribution in [0.25, 0.3) is 0 Å². The van der Waals surface area contributed by atoms with Crippen LogP contribution in [0.3, 0.4) is 0 Å². The Morgan fingerprint density at radius 2 is 1.81 bits per heavy atom. The molecule has 168 valence electrons. The third kappa shape index (κ3) is 4.60. The van der Waals surface area contributed by atoms with Crippen molar-refractivity contribution in [3.05, 3.63) is 88.0 Å². The molecule has 1 aliphatic rings. The Bertz CT molecular complexity index is 1110. The predicted molar refractivity (Wildman–Crippen MR) is 122 cm³/mol. The lowest BCUT2D eigenvalue weighted by molar-refractivity contribution is 0.0727. The second-order valence-electron chi connectivity index (χ2n) is 9.38. The van der Waals surface area contributed by atoms with Crippen LogP contribution in [0.1, 0.15) is 59.2 Å². The number of carbonyl (C=O) groups is 1. The van der Waals surface area contributed by atoms with Gasteiger partial charge in [0.25, 0.3) is 5.91 Å². The fourth-order valence-corrected chi connectivity index (χ4v) is 4.13. The van der Waals surface area contributed by atoms with E-state index >= 15 is 0 Å². The Morgan fingerprint density at radius 3 is 2.50 bits per heavy atom. The number of benzene rings is 2. The van der Waals surface area contributed by atoms with Crippen molar-refractivity contribution in [2.45, 2.75) is 52.4 Å². The average molecular weight is 436 g/mol. The minimum Gasteiger partial charge on any atom is -0.370 e. The summed E-state index contributed by atoms with van der Waals surface area (Å²) in [6.45, 7) is 8.10. The molecule has 1 aliphatic heterocycles. The Balaban J connectivity index is 1.46. The normalized spacial score (nSPS) is 13.8. The van der Waals surface area contributed by atoms with Crippen LogP contribution in [0.5, 0.6) is 0 Å². The highest BCUT2D eigenvalue weighted by molar-refractivity contribution is 5.94. The number of nitrogens with zero attached hydrogens (tertiary/aromatic N) is 3. The molecule has 6 heteroatoms. The molecule has 0 bridgehead atoms.